The van der Waals surface area contributed by atoms with E-state index in [2.05, 4.69) is 13.8 Å². The van der Waals surface area contributed by atoms with Gasteiger partial charge in [-0.3, -0.25) is 0 Å². The van der Waals surface area contributed by atoms with E-state index in [-0.39, 0.29) is 0 Å². The number of carbonyl (C=O) groups excluding carboxylic acids is 2. The number of ether oxygens (including phenoxy) is 2. The molecule has 10 heteroatoms. The summed E-state index contributed by atoms with van der Waals surface area (Å²) in [5.41, 5.74) is 0. The Morgan fingerprint density at radius 1 is 0.792 bits per heavy atom. The minimum absolute atomic E-state index is 0.305. The van der Waals surface area contributed by atoms with Crippen molar-refractivity contribution in [2.45, 2.75) is 13.8 Å². The molecular weight excluding hydrogens is 425 g/mol. The molecule has 0 atom stereocenters. The number of hydrogen-bond acceptors (Lipinski definition) is 10. The molecule has 2 heterocycles. The first-order chi connectivity index (χ1) is 11.5. The molecule has 2 aliphatic rings. The summed E-state index contributed by atoms with van der Waals surface area (Å²) in [5.74, 6) is 1.02. The predicted molar refractivity (Wildman–Crippen MR) is 112 cm³/mol. The molecule has 0 aromatic rings. The minimum Gasteiger partial charge on any atom is -0.465 e. The van der Waals surface area contributed by atoms with Crippen molar-refractivity contribution in [2.24, 2.45) is 0 Å². The van der Waals surface area contributed by atoms with Gasteiger partial charge in [0.1, 0.15) is 9.81 Å². The normalized spacial score (nSPS) is 17.8. The molecule has 0 fully saturated rings. The molecular formula is C14H16O4S6. The molecule has 4 nitrogen and oxygen atoms in total. The molecule has 0 saturated heterocycles. The molecule has 0 aromatic heterocycles. The average Bonchev–Trinajstić information content (AvgIpc) is 3.19. The zero-order valence-electron chi connectivity index (χ0n) is 13.5. The second-order valence-corrected chi connectivity index (χ2v) is 11.7. The zero-order valence-corrected chi connectivity index (χ0v) is 18.4. The van der Waals surface area contributed by atoms with Crippen molar-refractivity contribution in [1.29, 1.82) is 0 Å². The SMILES string of the molecule is CCSC1=C(SCC)SC(=C2SC(C(=O)OC)=C(C(=O)OC)S2)S1. The lowest BCUT2D eigenvalue weighted by Crippen LogP contribution is -2.08. The van der Waals surface area contributed by atoms with Crippen LogP contribution in [-0.4, -0.2) is 37.7 Å². The third kappa shape index (κ3) is 4.70. The quantitative estimate of drug-likeness (QED) is 0.511. The average molecular weight is 441 g/mol. The molecule has 0 radical (unpaired) electrons. The van der Waals surface area contributed by atoms with Crippen molar-refractivity contribution in [3.8, 4) is 0 Å². The van der Waals surface area contributed by atoms with Gasteiger partial charge in [-0.15, -0.1) is 23.5 Å². The van der Waals surface area contributed by atoms with E-state index in [0.717, 1.165) is 20.0 Å². The number of thioether (sulfide) groups is 6. The largest absolute Gasteiger partial charge is 0.465 e. The lowest BCUT2D eigenvalue weighted by atomic mass is 10.5. The van der Waals surface area contributed by atoms with Gasteiger partial charge in [0.05, 0.1) is 31.2 Å². The van der Waals surface area contributed by atoms with E-state index in [4.69, 9.17) is 9.47 Å². The van der Waals surface area contributed by atoms with Gasteiger partial charge in [-0.1, -0.05) is 60.9 Å². The molecule has 24 heavy (non-hydrogen) atoms. The summed E-state index contributed by atoms with van der Waals surface area (Å²) in [6, 6.07) is 0. The Labute approximate surface area is 167 Å². The van der Waals surface area contributed by atoms with Gasteiger partial charge in [0.25, 0.3) is 0 Å². The van der Waals surface area contributed by atoms with Crippen LogP contribution in [0.25, 0.3) is 0 Å². The van der Waals surface area contributed by atoms with Crippen molar-refractivity contribution in [2.75, 3.05) is 25.7 Å². The van der Waals surface area contributed by atoms with Gasteiger partial charge in [-0.25, -0.2) is 9.59 Å². The van der Waals surface area contributed by atoms with Crippen LogP contribution in [0.3, 0.4) is 0 Å². The number of esters is 2. The van der Waals surface area contributed by atoms with E-state index in [1.165, 1.54) is 46.2 Å². The van der Waals surface area contributed by atoms with Crippen LogP contribution in [0, 0.1) is 0 Å². The van der Waals surface area contributed by atoms with Crippen molar-refractivity contribution >= 4 is 82.5 Å². The second kappa shape index (κ2) is 9.82. The molecule has 0 bridgehead atoms. The maximum absolute atomic E-state index is 12.0. The fourth-order valence-electron chi connectivity index (χ4n) is 1.63. The Kier molecular flexibility index (Phi) is 8.42. The predicted octanol–water partition coefficient (Wildman–Crippen LogP) is 5.26. The van der Waals surface area contributed by atoms with E-state index in [0.29, 0.717) is 9.81 Å². The van der Waals surface area contributed by atoms with Gasteiger partial charge < -0.3 is 9.47 Å². The van der Waals surface area contributed by atoms with Crippen molar-refractivity contribution < 1.29 is 19.1 Å². The Balaban J connectivity index is 2.25. The Morgan fingerprint density at radius 2 is 1.17 bits per heavy atom. The standard InChI is InChI=1S/C14H16O4S6/c1-5-19-11-12(20-6-2)24-14(23-11)13-21-7(9(15)17-3)8(22-13)10(16)18-4/h5-6H2,1-4H3. The van der Waals surface area contributed by atoms with Crippen LogP contribution in [0.4, 0.5) is 0 Å². The second-order valence-electron chi connectivity index (χ2n) is 4.07. The molecule has 0 aliphatic carbocycles. The number of hydrogen-bond donors (Lipinski definition) is 0. The first kappa shape index (κ1) is 20.6. The minimum atomic E-state index is -0.504. The highest BCUT2D eigenvalue weighted by Gasteiger charge is 2.36. The fraction of sp³-hybridized carbons (Fsp3) is 0.429. The van der Waals surface area contributed by atoms with E-state index in [1.807, 2.05) is 23.5 Å². The van der Waals surface area contributed by atoms with E-state index in [9.17, 15) is 9.59 Å². The van der Waals surface area contributed by atoms with Crippen LogP contribution in [0.1, 0.15) is 13.8 Å². The molecule has 132 valence electrons. The van der Waals surface area contributed by atoms with Crippen LogP contribution >= 0.6 is 70.6 Å². The Hall–Kier alpha value is 0.260. The van der Waals surface area contributed by atoms with E-state index >= 15 is 0 Å². The van der Waals surface area contributed by atoms with Crippen LogP contribution in [-0.2, 0) is 19.1 Å². The highest BCUT2D eigenvalue weighted by atomic mass is 32.3. The van der Waals surface area contributed by atoms with Crippen LogP contribution in [0.15, 0.2) is 26.8 Å². The molecule has 0 saturated carbocycles. The van der Waals surface area contributed by atoms with Gasteiger partial charge in [0, 0.05) is 0 Å². The lowest BCUT2D eigenvalue weighted by Gasteiger charge is -2.02. The molecule has 0 N–H and O–H groups in total. The summed E-state index contributed by atoms with van der Waals surface area (Å²) in [7, 11) is 2.63. The fourth-order valence-corrected chi connectivity index (χ4v) is 10.1. The first-order valence-corrected chi connectivity index (χ1v) is 12.2. The molecule has 2 rings (SSSR count). The van der Waals surface area contributed by atoms with Gasteiger partial charge in [-0.05, 0) is 11.5 Å². The summed E-state index contributed by atoms with van der Waals surface area (Å²) >= 11 is 9.66. The van der Waals surface area contributed by atoms with E-state index in [1.54, 1.807) is 23.5 Å². The monoisotopic (exact) mass is 440 g/mol. The van der Waals surface area contributed by atoms with Gasteiger partial charge in [0.15, 0.2) is 0 Å². The Bertz CT molecular complexity index is 587. The molecule has 0 aromatic carbocycles. The van der Waals surface area contributed by atoms with Crippen LogP contribution in [0.5, 0.6) is 0 Å². The van der Waals surface area contributed by atoms with Crippen molar-refractivity contribution in [3.05, 3.63) is 26.8 Å². The van der Waals surface area contributed by atoms with Crippen molar-refractivity contribution in [1.82, 2.24) is 0 Å². The highest BCUT2D eigenvalue weighted by Crippen LogP contribution is 2.63. The maximum Gasteiger partial charge on any atom is 0.346 e. The zero-order chi connectivity index (χ0) is 17.7. The third-order valence-electron chi connectivity index (χ3n) is 2.59. The molecule has 2 aliphatic heterocycles. The molecule has 0 amide bonds. The van der Waals surface area contributed by atoms with Gasteiger partial charge in [-0.2, -0.15) is 0 Å². The maximum atomic E-state index is 12.0. The topological polar surface area (TPSA) is 52.6 Å². The molecule has 0 unspecified atom stereocenters. The lowest BCUT2D eigenvalue weighted by molar-refractivity contribution is -0.138. The Morgan fingerprint density at radius 3 is 1.50 bits per heavy atom. The summed E-state index contributed by atoms with van der Waals surface area (Å²) in [6.07, 6.45) is 0. The van der Waals surface area contributed by atoms with Crippen LogP contribution < -0.4 is 0 Å². The highest BCUT2D eigenvalue weighted by molar-refractivity contribution is 8.42. The van der Waals surface area contributed by atoms with Gasteiger partial charge in [0.2, 0.25) is 0 Å². The summed E-state index contributed by atoms with van der Waals surface area (Å²) < 4.78 is 14.2. The third-order valence-corrected chi connectivity index (χ3v) is 11.0. The van der Waals surface area contributed by atoms with Gasteiger partial charge >= 0.3 is 11.9 Å². The number of rotatable bonds is 6. The van der Waals surface area contributed by atoms with E-state index < -0.39 is 11.9 Å². The van der Waals surface area contributed by atoms with Crippen LogP contribution in [0.2, 0.25) is 0 Å². The number of methoxy groups -OCH3 is 2. The summed E-state index contributed by atoms with van der Waals surface area (Å²) in [5, 5.41) is 0. The summed E-state index contributed by atoms with van der Waals surface area (Å²) in [6.45, 7) is 4.27. The summed E-state index contributed by atoms with van der Waals surface area (Å²) in [4.78, 5) is 24.5. The van der Waals surface area contributed by atoms with Crippen molar-refractivity contribution in [3.63, 3.8) is 0 Å². The smallest absolute Gasteiger partial charge is 0.346 e. The molecule has 0 spiro atoms. The number of carbonyl (C=O) groups is 2. The first-order valence-electron chi connectivity index (χ1n) is 6.92.